The monoisotopic (exact) mass is 126 g/mol. The van der Waals surface area contributed by atoms with Gasteiger partial charge >= 0.3 is 0 Å². The van der Waals surface area contributed by atoms with Crippen LogP contribution in [0.15, 0.2) is 4.99 Å². The van der Waals surface area contributed by atoms with Gasteiger partial charge in [0.1, 0.15) is 0 Å². The van der Waals surface area contributed by atoms with Gasteiger partial charge in [-0.1, -0.05) is 13.8 Å². The van der Waals surface area contributed by atoms with E-state index in [0.29, 0.717) is 6.04 Å². The van der Waals surface area contributed by atoms with Crippen molar-refractivity contribution in [2.24, 2.45) is 10.9 Å². The van der Waals surface area contributed by atoms with Gasteiger partial charge in [0.15, 0.2) is 0 Å². The lowest BCUT2D eigenvalue weighted by Crippen LogP contribution is -2.25. The zero-order valence-corrected chi connectivity index (χ0v) is 6.09. The first-order valence-electron chi connectivity index (χ1n) is 3.52. The van der Waals surface area contributed by atoms with E-state index in [9.17, 15) is 0 Å². The Morgan fingerprint density at radius 1 is 1.78 bits per heavy atom. The summed E-state index contributed by atoms with van der Waals surface area (Å²) in [4.78, 5) is 4.08. The van der Waals surface area contributed by atoms with Crippen molar-refractivity contribution < 1.29 is 0 Å². The van der Waals surface area contributed by atoms with Crippen molar-refractivity contribution in [1.29, 1.82) is 0 Å². The number of nitrogens with one attached hydrogen (secondary N) is 1. The maximum Gasteiger partial charge on any atom is 0.0886 e. The largest absolute Gasteiger partial charge is 0.290 e. The minimum atomic E-state index is 0.546. The molecule has 0 aliphatic carbocycles. The molecule has 0 spiro atoms. The van der Waals surface area contributed by atoms with E-state index in [-0.39, 0.29) is 0 Å². The summed E-state index contributed by atoms with van der Waals surface area (Å²) in [5, 5.41) is 3.27. The maximum absolute atomic E-state index is 4.08. The van der Waals surface area contributed by atoms with Gasteiger partial charge in [-0.15, -0.1) is 0 Å². The molecule has 0 amide bonds. The lowest BCUT2D eigenvalue weighted by molar-refractivity contribution is 0.518. The molecule has 0 aromatic carbocycles. The second-order valence-electron chi connectivity index (χ2n) is 2.93. The zero-order valence-electron chi connectivity index (χ0n) is 6.09. The standard InChI is InChI=1S/C7H14N2/c1-6(2)3-7-4-8-5-9-7/h4,6-7,9H,3,5H2,1-2H3. The highest BCUT2D eigenvalue weighted by molar-refractivity contribution is 5.66. The van der Waals surface area contributed by atoms with E-state index < -0.39 is 0 Å². The number of nitrogens with zero attached hydrogens (tertiary/aromatic N) is 1. The molecule has 0 radical (unpaired) electrons. The molecule has 1 unspecified atom stereocenters. The molecule has 0 saturated heterocycles. The highest BCUT2D eigenvalue weighted by atomic mass is 15.1. The van der Waals surface area contributed by atoms with Gasteiger partial charge in [-0.2, -0.15) is 0 Å². The Kier molecular flexibility index (Phi) is 2.22. The van der Waals surface area contributed by atoms with Crippen molar-refractivity contribution in [3.63, 3.8) is 0 Å². The van der Waals surface area contributed by atoms with Crippen molar-refractivity contribution in [3.05, 3.63) is 0 Å². The van der Waals surface area contributed by atoms with Gasteiger partial charge in [-0.05, 0) is 12.3 Å². The topological polar surface area (TPSA) is 24.4 Å². The van der Waals surface area contributed by atoms with Crippen molar-refractivity contribution in [3.8, 4) is 0 Å². The fourth-order valence-corrected chi connectivity index (χ4v) is 1.05. The van der Waals surface area contributed by atoms with Crippen LogP contribution in [0.2, 0.25) is 0 Å². The predicted octanol–water partition coefficient (Wildman–Crippen LogP) is 1.03. The SMILES string of the molecule is CC(C)CC1C=NCN1. The van der Waals surface area contributed by atoms with Crippen LogP contribution in [-0.2, 0) is 0 Å². The number of rotatable bonds is 2. The predicted molar refractivity (Wildman–Crippen MR) is 39.7 cm³/mol. The molecular formula is C7H14N2. The second-order valence-corrected chi connectivity index (χ2v) is 2.93. The molecule has 1 atom stereocenters. The first-order valence-corrected chi connectivity index (χ1v) is 3.52. The molecule has 1 N–H and O–H groups in total. The third kappa shape index (κ3) is 2.14. The molecule has 0 aromatic rings. The van der Waals surface area contributed by atoms with E-state index in [1.54, 1.807) is 0 Å². The molecule has 2 heteroatoms. The van der Waals surface area contributed by atoms with Crippen LogP contribution in [0.3, 0.4) is 0 Å². The Hall–Kier alpha value is -0.370. The number of hydrogen-bond donors (Lipinski definition) is 1. The minimum Gasteiger partial charge on any atom is -0.290 e. The third-order valence-electron chi connectivity index (χ3n) is 1.46. The number of hydrogen-bond acceptors (Lipinski definition) is 2. The van der Waals surface area contributed by atoms with Crippen LogP contribution in [-0.4, -0.2) is 18.9 Å². The van der Waals surface area contributed by atoms with Gasteiger partial charge in [0.05, 0.1) is 6.67 Å². The molecule has 0 bridgehead atoms. The first-order chi connectivity index (χ1) is 4.29. The van der Waals surface area contributed by atoms with Gasteiger partial charge < -0.3 is 0 Å². The van der Waals surface area contributed by atoms with E-state index >= 15 is 0 Å². The fraction of sp³-hybridized carbons (Fsp3) is 0.857. The Bertz CT molecular complexity index is 107. The first kappa shape index (κ1) is 6.75. The summed E-state index contributed by atoms with van der Waals surface area (Å²) in [6.45, 7) is 5.28. The third-order valence-corrected chi connectivity index (χ3v) is 1.46. The van der Waals surface area contributed by atoms with Crippen LogP contribution < -0.4 is 5.32 Å². The Morgan fingerprint density at radius 3 is 3.00 bits per heavy atom. The smallest absolute Gasteiger partial charge is 0.0886 e. The molecule has 1 rings (SSSR count). The van der Waals surface area contributed by atoms with Crippen molar-refractivity contribution in [2.75, 3.05) is 6.67 Å². The van der Waals surface area contributed by atoms with Crippen LogP contribution in [0.25, 0.3) is 0 Å². The van der Waals surface area contributed by atoms with E-state index in [0.717, 1.165) is 12.6 Å². The van der Waals surface area contributed by atoms with Crippen LogP contribution in [0.4, 0.5) is 0 Å². The average Bonchev–Trinajstić information content (AvgIpc) is 2.15. The fourth-order valence-electron chi connectivity index (χ4n) is 1.05. The zero-order chi connectivity index (χ0) is 6.69. The summed E-state index contributed by atoms with van der Waals surface area (Å²) in [6.07, 6.45) is 3.23. The summed E-state index contributed by atoms with van der Waals surface area (Å²) in [6, 6.07) is 0.546. The Morgan fingerprint density at radius 2 is 2.56 bits per heavy atom. The normalized spacial score (nSPS) is 25.9. The molecule has 1 heterocycles. The molecule has 52 valence electrons. The minimum absolute atomic E-state index is 0.546. The molecule has 0 fully saturated rings. The summed E-state index contributed by atoms with van der Waals surface area (Å²) in [7, 11) is 0. The maximum atomic E-state index is 4.08. The molecule has 1 aliphatic heterocycles. The van der Waals surface area contributed by atoms with Crippen LogP contribution >= 0.6 is 0 Å². The molecule has 9 heavy (non-hydrogen) atoms. The van der Waals surface area contributed by atoms with E-state index in [4.69, 9.17) is 0 Å². The van der Waals surface area contributed by atoms with E-state index in [1.165, 1.54) is 6.42 Å². The summed E-state index contributed by atoms with van der Waals surface area (Å²) < 4.78 is 0. The summed E-state index contributed by atoms with van der Waals surface area (Å²) in [5.41, 5.74) is 0. The molecule has 2 nitrogen and oxygen atoms in total. The van der Waals surface area contributed by atoms with Crippen molar-refractivity contribution in [1.82, 2.24) is 5.32 Å². The van der Waals surface area contributed by atoms with Crippen molar-refractivity contribution >= 4 is 6.21 Å². The Balaban J connectivity index is 2.20. The van der Waals surface area contributed by atoms with Crippen molar-refractivity contribution in [2.45, 2.75) is 26.3 Å². The highest BCUT2D eigenvalue weighted by Gasteiger charge is 2.09. The second kappa shape index (κ2) is 2.97. The van der Waals surface area contributed by atoms with Gasteiger partial charge in [-0.3, -0.25) is 10.3 Å². The van der Waals surface area contributed by atoms with E-state index in [1.807, 2.05) is 6.21 Å². The van der Waals surface area contributed by atoms with Crippen LogP contribution in [0.1, 0.15) is 20.3 Å². The molecule has 0 saturated carbocycles. The lowest BCUT2D eigenvalue weighted by Gasteiger charge is -2.08. The van der Waals surface area contributed by atoms with Gasteiger partial charge in [0, 0.05) is 12.3 Å². The van der Waals surface area contributed by atoms with Gasteiger partial charge in [-0.25, -0.2) is 0 Å². The average molecular weight is 126 g/mol. The molecule has 0 aromatic heterocycles. The lowest BCUT2D eigenvalue weighted by atomic mass is 10.1. The van der Waals surface area contributed by atoms with Gasteiger partial charge in [0.2, 0.25) is 0 Å². The summed E-state index contributed by atoms with van der Waals surface area (Å²) in [5.74, 6) is 0.770. The van der Waals surface area contributed by atoms with Crippen LogP contribution in [0.5, 0.6) is 0 Å². The quantitative estimate of drug-likeness (QED) is 0.587. The van der Waals surface area contributed by atoms with Crippen LogP contribution in [0, 0.1) is 5.92 Å². The highest BCUT2D eigenvalue weighted by Crippen LogP contribution is 2.04. The van der Waals surface area contributed by atoms with E-state index in [2.05, 4.69) is 24.2 Å². The van der Waals surface area contributed by atoms with Gasteiger partial charge in [0.25, 0.3) is 0 Å². The molecule has 1 aliphatic rings. The number of aliphatic imine (C=N–C) groups is 1. The Labute approximate surface area is 56.4 Å². The summed E-state index contributed by atoms with van der Waals surface area (Å²) >= 11 is 0. The molecular weight excluding hydrogens is 112 g/mol.